The first-order valence-corrected chi connectivity index (χ1v) is 7.10. The van der Waals surface area contributed by atoms with E-state index in [1.54, 1.807) is 12.3 Å². The highest BCUT2D eigenvalue weighted by atomic mass is 79.9. The van der Waals surface area contributed by atoms with E-state index in [0.717, 1.165) is 10.8 Å². The molecule has 1 heterocycles. The summed E-state index contributed by atoms with van der Waals surface area (Å²) in [5.41, 5.74) is 0.996. The smallest absolute Gasteiger partial charge is 0.238 e. The number of hydrogen-bond donors (Lipinski definition) is 0. The van der Waals surface area contributed by atoms with Gasteiger partial charge in [0.05, 0.1) is 5.69 Å². The summed E-state index contributed by atoms with van der Waals surface area (Å²) in [5.74, 6) is 0. The Labute approximate surface area is 118 Å². The number of rotatable bonds is 5. The zero-order valence-corrected chi connectivity index (χ0v) is 11.7. The summed E-state index contributed by atoms with van der Waals surface area (Å²) in [6.45, 7) is 0. The number of alkyl halides is 4. The Morgan fingerprint density at radius 1 is 1.11 bits per heavy atom. The third-order valence-electron chi connectivity index (χ3n) is 3.00. The number of fused-ring (bicyclic) bond motifs is 1. The van der Waals surface area contributed by atoms with Crippen LogP contribution in [0.1, 0.15) is 30.3 Å². The van der Waals surface area contributed by atoms with E-state index in [0.29, 0.717) is 16.6 Å². The van der Waals surface area contributed by atoms with Crippen LogP contribution in [0.15, 0.2) is 30.5 Å². The predicted molar refractivity (Wildman–Crippen MR) is 73.5 cm³/mol. The molecule has 0 fully saturated rings. The summed E-state index contributed by atoms with van der Waals surface area (Å²) < 4.78 is 38.7. The molecule has 0 amide bonds. The normalized spacial score (nSPS) is 13.1. The fourth-order valence-electron chi connectivity index (χ4n) is 2.10. The quantitative estimate of drug-likeness (QED) is 0.687. The lowest BCUT2D eigenvalue weighted by Gasteiger charge is -2.14. The standard InChI is InChI=1S/C14H13BrF3N/c15-7-12-14(11(16)5-6-13(17)18)10-4-2-1-3-9(10)8-19-12/h1-4,8,11,13H,5-7H2. The SMILES string of the molecule is FC(F)CCC(F)c1c(CBr)ncc2ccccc12. The Morgan fingerprint density at radius 2 is 1.84 bits per heavy atom. The van der Waals surface area contributed by atoms with Crippen LogP contribution in [0.2, 0.25) is 0 Å². The van der Waals surface area contributed by atoms with Gasteiger partial charge in [-0.05, 0) is 11.8 Å². The van der Waals surface area contributed by atoms with Crippen molar-refractivity contribution >= 4 is 26.7 Å². The minimum absolute atomic E-state index is 0.187. The second-order valence-electron chi connectivity index (χ2n) is 4.28. The highest BCUT2D eigenvalue weighted by Gasteiger charge is 2.19. The molecule has 2 rings (SSSR count). The Kier molecular flexibility index (Phi) is 4.80. The molecule has 1 nitrogen and oxygen atoms in total. The predicted octanol–water partition coefficient (Wildman–Crippen LogP) is 5.19. The van der Waals surface area contributed by atoms with Gasteiger partial charge >= 0.3 is 0 Å². The average molecular weight is 332 g/mol. The molecule has 1 unspecified atom stereocenters. The second kappa shape index (κ2) is 6.37. The van der Waals surface area contributed by atoms with Gasteiger partial charge in [-0.1, -0.05) is 40.2 Å². The van der Waals surface area contributed by atoms with Crippen LogP contribution in [-0.2, 0) is 5.33 Å². The maximum atomic E-state index is 14.3. The zero-order chi connectivity index (χ0) is 13.8. The van der Waals surface area contributed by atoms with E-state index in [1.165, 1.54) is 0 Å². The van der Waals surface area contributed by atoms with Crippen molar-refractivity contribution in [2.24, 2.45) is 0 Å². The van der Waals surface area contributed by atoms with Crippen molar-refractivity contribution < 1.29 is 13.2 Å². The summed E-state index contributed by atoms with van der Waals surface area (Å²) in [7, 11) is 0. The molecule has 1 aromatic carbocycles. The van der Waals surface area contributed by atoms with Gasteiger partial charge in [0.15, 0.2) is 0 Å². The molecule has 0 saturated carbocycles. The van der Waals surface area contributed by atoms with E-state index in [2.05, 4.69) is 20.9 Å². The van der Waals surface area contributed by atoms with Gasteiger partial charge in [0.2, 0.25) is 6.43 Å². The number of hydrogen-bond acceptors (Lipinski definition) is 1. The van der Waals surface area contributed by atoms with Gasteiger partial charge in [-0.3, -0.25) is 4.98 Å². The van der Waals surface area contributed by atoms with Crippen molar-refractivity contribution in [3.8, 4) is 0 Å². The van der Waals surface area contributed by atoms with Crippen molar-refractivity contribution in [2.45, 2.75) is 30.8 Å². The van der Waals surface area contributed by atoms with Gasteiger partial charge in [0.25, 0.3) is 0 Å². The Morgan fingerprint density at radius 3 is 2.53 bits per heavy atom. The van der Waals surface area contributed by atoms with Crippen molar-refractivity contribution in [3.05, 3.63) is 41.7 Å². The topological polar surface area (TPSA) is 12.9 Å². The van der Waals surface area contributed by atoms with Gasteiger partial charge < -0.3 is 0 Å². The fourth-order valence-corrected chi connectivity index (χ4v) is 2.55. The average Bonchev–Trinajstić information content (AvgIpc) is 2.43. The summed E-state index contributed by atoms with van der Waals surface area (Å²) in [6.07, 6.45) is -2.84. The van der Waals surface area contributed by atoms with Crippen molar-refractivity contribution in [1.29, 1.82) is 0 Å². The Bertz CT molecular complexity index is 559. The van der Waals surface area contributed by atoms with E-state index in [1.807, 2.05) is 18.2 Å². The molecule has 1 atom stereocenters. The molecular formula is C14H13BrF3N. The number of halogens is 4. The molecule has 2 aromatic rings. The Hall–Kier alpha value is -1.10. The fraction of sp³-hybridized carbons (Fsp3) is 0.357. The van der Waals surface area contributed by atoms with Crippen molar-refractivity contribution in [1.82, 2.24) is 4.98 Å². The zero-order valence-electron chi connectivity index (χ0n) is 10.1. The Balaban J connectivity index is 2.43. The molecule has 0 aliphatic carbocycles. The monoisotopic (exact) mass is 331 g/mol. The molecule has 0 saturated heterocycles. The molecule has 0 aliphatic rings. The molecule has 0 bridgehead atoms. The van der Waals surface area contributed by atoms with Gasteiger partial charge in [0.1, 0.15) is 6.17 Å². The van der Waals surface area contributed by atoms with Crippen LogP contribution in [0.25, 0.3) is 10.8 Å². The van der Waals surface area contributed by atoms with E-state index < -0.39 is 19.0 Å². The van der Waals surface area contributed by atoms with Crippen molar-refractivity contribution in [2.75, 3.05) is 0 Å². The first kappa shape index (κ1) is 14.3. The molecule has 0 aliphatic heterocycles. The summed E-state index contributed by atoms with van der Waals surface area (Å²) in [6, 6.07) is 7.29. The highest BCUT2D eigenvalue weighted by molar-refractivity contribution is 9.08. The lowest BCUT2D eigenvalue weighted by atomic mass is 9.98. The van der Waals surface area contributed by atoms with Crippen LogP contribution >= 0.6 is 15.9 Å². The first-order valence-electron chi connectivity index (χ1n) is 5.98. The van der Waals surface area contributed by atoms with E-state index in [4.69, 9.17) is 0 Å². The molecule has 0 spiro atoms. The minimum Gasteiger partial charge on any atom is -0.259 e. The maximum absolute atomic E-state index is 14.3. The highest BCUT2D eigenvalue weighted by Crippen LogP contribution is 2.33. The van der Waals surface area contributed by atoms with Gasteiger partial charge in [-0.25, -0.2) is 13.2 Å². The van der Waals surface area contributed by atoms with Crippen LogP contribution in [0.5, 0.6) is 0 Å². The van der Waals surface area contributed by atoms with Crippen molar-refractivity contribution in [3.63, 3.8) is 0 Å². The van der Waals surface area contributed by atoms with Gasteiger partial charge in [0, 0.05) is 28.9 Å². The summed E-state index contributed by atoms with van der Waals surface area (Å²) >= 11 is 3.27. The third-order valence-corrected chi connectivity index (χ3v) is 3.53. The molecule has 0 N–H and O–H groups in total. The third kappa shape index (κ3) is 3.26. The lowest BCUT2D eigenvalue weighted by Crippen LogP contribution is -2.03. The van der Waals surface area contributed by atoms with Crippen LogP contribution in [0.4, 0.5) is 13.2 Å². The molecule has 1 aromatic heterocycles. The lowest BCUT2D eigenvalue weighted by molar-refractivity contribution is 0.121. The number of benzene rings is 1. The molecular weight excluding hydrogens is 319 g/mol. The van der Waals surface area contributed by atoms with Gasteiger partial charge in [-0.2, -0.15) is 0 Å². The van der Waals surface area contributed by atoms with E-state index in [9.17, 15) is 13.2 Å². The summed E-state index contributed by atoms with van der Waals surface area (Å²) in [5, 5.41) is 1.97. The molecule has 19 heavy (non-hydrogen) atoms. The van der Waals surface area contributed by atoms with Gasteiger partial charge in [-0.15, -0.1) is 0 Å². The number of pyridine rings is 1. The minimum atomic E-state index is -2.48. The summed E-state index contributed by atoms with van der Waals surface area (Å²) in [4.78, 5) is 4.20. The molecule has 102 valence electrons. The second-order valence-corrected chi connectivity index (χ2v) is 4.84. The molecule has 5 heteroatoms. The van der Waals surface area contributed by atoms with Crippen LogP contribution in [0, 0.1) is 0 Å². The van der Waals surface area contributed by atoms with Crippen LogP contribution < -0.4 is 0 Å². The maximum Gasteiger partial charge on any atom is 0.238 e. The largest absolute Gasteiger partial charge is 0.259 e. The number of nitrogens with zero attached hydrogens (tertiary/aromatic N) is 1. The van der Waals surface area contributed by atoms with E-state index in [-0.39, 0.29) is 6.42 Å². The molecule has 0 radical (unpaired) electrons. The first-order chi connectivity index (χ1) is 9.13. The number of aromatic nitrogens is 1. The van der Waals surface area contributed by atoms with Crippen LogP contribution in [0.3, 0.4) is 0 Å². The van der Waals surface area contributed by atoms with Crippen LogP contribution in [-0.4, -0.2) is 11.4 Å². The van der Waals surface area contributed by atoms with E-state index >= 15 is 0 Å².